The van der Waals surface area contributed by atoms with Gasteiger partial charge in [0.25, 0.3) is 0 Å². The molecule has 2 unspecified atom stereocenters. The average molecular weight is 262 g/mol. The Morgan fingerprint density at radius 2 is 2.22 bits per heavy atom. The van der Waals surface area contributed by atoms with E-state index >= 15 is 0 Å². The number of fused-ring (bicyclic) bond motifs is 1. The zero-order valence-electron chi connectivity index (χ0n) is 10.5. The van der Waals surface area contributed by atoms with Crippen LogP contribution in [0.4, 0.5) is 0 Å². The zero-order chi connectivity index (χ0) is 12.5. The lowest BCUT2D eigenvalue weighted by molar-refractivity contribution is -0.0455. The summed E-state index contributed by atoms with van der Waals surface area (Å²) in [5, 5.41) is 13.9. The summed E-state index contributed by atoms with van der Waals surface area (Å²) in [6.45, 7) is 2.66. The van der Waals surface area contributed by atoms with Crippen LogP contribution >= 0.6 is 11.3 Å². The summed E-state index contributed by atoms with van der Waals surface area (Å²) in [7, 11) is 0. The first kappa shape index (κ1) is 12.2. The topological polar surface area (TPSA) is 29.5 Å². The fourth-order valence-electron chi connectivity index (χ4n) is 2.53. The highest BCUT2D eigenvalue weighted by Crippen LogP contribution is 2.41. The van der Waals surface area contributed by atoms with Crippen LogP contribution in [0.25, 0.3) is 10.1 Å². The first-order chi connectivity index (χ1) is 8.81. The summed E-state index contributed by atoms with van der Waals surface area (Å²) in [5.41, 5.74) is 1.02. The highest BCUT2D eigenvalue weighted by atomic mass is 32.1. The lowest BCUT2D eigenvalue weighted by Gasteiger charge is -2.23. The Morgan fingerprint density at radius 1 is 1.39 bits per heavy atom. The molecule has 0 spiro atoms. The van der Waals surface area contributed by atoms with Crippen molar-refractivity contribution in [2.24, 2.45) is 5.92 Å². The summed E-state index contributed by atoms with van der Waals surface area (Å²) in [6.07, 6.45) is 1.83. The summed E-state index contributed by atoms with van der Waals surface area (Å²) in [5.74, 6) is 0.537. The number of ether oxygens (including phenoxy) is 1. The quantitative estimate of drug-likeness (QED) is 0.889. The second-order valence-corrected chi connectivity index (χ2v) is 5.80. The van der Waals surface area contributed by atoms with E-state index in [9.17, 15) is 5.11 Å². The maximum absolute atomic E-state index is 10.6. The normalized spacial score (nSPS) is 19.0. The van der Waals surface area contributed by atoms with Gasteiger partial charge in [0, 0.05) is 16.9 Å². The Hall–Kier alpha value is -0.900. The summed E-state index contributed by atoms with van der Waals surface area (Å²) < 4.78 is 6.95. The molecule has 1 N–H and O–H groups in total. The molecule has 1 aromatic carbocycles. The predicted molar refractivity (Wildman–Crippen MR) is 74.9 cm³/mol. The van der Waals surface area contributed by atoms with Gasteiger partial charge in [-0.05, 0) is 42.5 Å². The molecule has 1 aliphatic rings. The SMILES string of the molecule is CCOC(C1CC1)C(O)c1cccc2ccsc12. The number of hydrogen-bond donors (Lipinski definition) is 1. The summed E-state index contributed by atoms with van der Waals surface area (Å²) in [6, 6.07) is 8.24. The van der Waals surface area contributed by atoms with E-state index in [2.05, 4.69) is 17.5 Å². The van der Waals surface area contributed by atoms with Gasteiger partial charge in [-0.2, -0.15) is 0 Å². The molecule has 2 atom stereocenters. The van der Waals surface area contributed by atoms with Crippen molar-refractivity contribution < 1.29 is 9.84 Å². The maximum atomic E-state index is 10.6. The zero-order valence-corrected chi connectivity index (χ0v) is 11.3. The molecule has 0 saturated heterocycles. The third-order valence-corrected chi connectivity index (χ3v) is 4.56. The van der Waals surface area contributed by atoms with Crippen LogP contribution in [-0.4, -0.2) is 17.8 Å². The Kier molecular flexibility index (Phi) is 3.37. The largest absolute Gasteiger partial charge is 0.386 e. The second-order valence-electron chi connectivity index (χ2n) is 4.89. The fraction of sp³-hybridized carbons (Fsp3) is 0.467. The number of thiophene rings is 1. The number of aliphatic hydroxyl groups excluding tert-OH is 1. The van der Waals surface area contributed by atoms with Gasteiger partial charge in [0.05, 0.1) is 6.10 Å². The van der Waals surface area contributed by atoms with Gasteiger partial charge in [-0.1, -0.05) is 18.2 Å². The molecular weight excluding hydrogens is 244 g/mol. The number of aliphatic hydroxyl groups is 1. The molecule has 0 amide bonds. The van der Waals surface area contributed by atoms with Crippen molar-refractivity contribution in [3.05, 3.63) is 35.2 Å². The van der Waals surface area contributed by atoms with Crippen molar-refractivity contribution in [3.8, 4) is 0 Å². The number of benzene rings is 1. The van der Waals surface area contributed by atoms with E-state index in [0.717, 1.165) is 5.56 Å². The number of hydrogen-bond acceptors (Lipinski definition) is 3. The predicted octanol–water partition coefficient (Wildman–Crippen LogP) is 3.75. The third-order valence-electron chi connectivity index (χ3n) is 3.59. The molecule has 0 radical (unpaired) electrons. The summed E-state index contributed by atoms with van der Waals surface area (Å²) in [4.78, 5) is 0. The van der Waals surface area contributed by atoms with Crippen LogP contribution in [0, 0.1) is 5.92 Å². The van der Waals surface area contributed by atoms with Crippen LogP contribution in [0.2, 0.25) is 0 Å². The third kappa shape index (κ3) is 2.18. The molecule has 1 heterocycles. The minimum atomic E-state index is -0.500. The maximum Gasteiger partial charge on any atom is 0.107 e. The van der Waals surface area contributed by atoms with Crippen molar-refractivity contribution in [1.29, 1.82) is 0 Å². The first-order valence-corrected chi connectivity index (χ1v) is 7.45. The van der Waals surface area contributed by atoms with Gasteiger partial charge in [0.1, 0.15) is 6.10 Å². The molecule has 1 fully saturated rings. The lowest BCUT2D eigenvalue weighted by Crippen LogP contribution is -2.24. The van der Waals surface area contributed by atoms with Crippen LogP contribution in [0.5, 0.6) is 0 Å². The van der Waals surface area contributed by atoms with Gasteiger partial charge in [-0.25, -0.2) is 0 Å². The highest BCUT2D eigenvalue weighted by Gasteiger charge is 2.37. The van der Waals surface area contributed by atoms with E-state index in [4.69, 9.17) is 4.74 Å². The molecule has 2 aromatic rings. The molecule has 3 rings (SSSR count). The van der Waals surface area contributed by atoms with Gasteiger partial charge in [0.15, 0.2) is 0 Å². The Bertz CT molecular complexity index is 530. The van der Waals surface area contributed by atoms with Crippen molar-refractivity contribution in [3.63, 3.8) is 0 Å². The van der Waals surface area contributed by atoms with Crippen LogP contribution in [-0.2, 0) is 4.74 Å². The van der Waals surface area contributed by atoms with Crippen LogP contribution in [0.1, 0.15) is 31.4 Å². The fourth-order valence-corrected chi connectivity index (χ4v) is 3.48. The first-order valence-electron chi connectivity index (χ1n) is 6.57. The van der Waals surface area contributed by atoms with Crippen molar-refractivity contribution in [2.75, 3.05) is 6.61 Å². The average Bonchev–Trinajstić information content (AvgIpc) is 3.11. The van der Waals surface area contributed by atoms with E-state index in [1.807, 2.05) is 19.1 Å². The molecule has 18 heavy (non-hydrogen) atoms. The van der Waals surface area contributed by atoms with E-state index in [-0.39, 0.29) is 6.10 Å². The minimum Gasteiger partial charge on any atom is -0.386 e. The van der Waals surface area contributed by atoms with E-state index in [1.54, 1.807) is 11.3 Å². The van der Waals surface area contributed by atoms with Gasteiger partial charge >= 0.3 is 0 Å². The molecule has 0 bridgehead atoms. The minimum absolute atomic E-state index is 0.0392. The van der Waals surface area contributed by atoms with Gasteiger partial charge in [-0.15, -0.1) is 11.3 Å². The molecule has 1 aliphatic carbocycles. The second kappa shape index (κ2) is 5.00. The molecule has 0 aliphatic heterocycles. The Balaban J connectivity index is 1.94. The van der Waals surface area contributed by atoms with Gasteiger partial charge in [-0.3, -0.25) is 0 Å². The molecule has 1 saturated carbocycles. The van der Waals surface area contributed by atoms with Crippen molar-refractivity contribution in [2.45, 2.75) is 32.0 Å². The van der Waals surface area contributed by atoms with Crippen LogP contribution < -0.4 is 0 Å². The standard InChI is InChI=1S/C15H18O2S/c1-2-17-14(10-6-7-10)13(16)12-5-3-4-11-8-9-18-15(11)12/h3-5,8-10,13-14,16H,2,6-7H2,1H3. The van der Waals surface area contributed by atoms with Gasteiger partial charge < -0.3 is 9.84 Å². The Morgan fingerprint density at radius 3 is 2.94 bits per heavy atom. The summed E-state index contributed by atoms with van der Waals surface area (Å²) >= 11 is 1.69. The molecular formula is C15H18O2S. The van der Waals surface area contributed by atoms with E-state index in [1.165, 1.54) is 22.9 Å². The molecule has 2 nitrogen and oxygen atoms in total. The smallest absolute Gasteiger partial charge is 0.107 e. The van der Waals surface area contributed by atoms with Gasteiger partial charge in [0.2, 0.25) is 0 Å². The lowest BCUT2D eigenvalue weighted by atomic mass is 10.00. The van der Waals surface area contributed by atoms with E-state index < -0.39 is 6.10 Å². The highest BCUT2D eigenvalue weighted by molar-refractivity contribution is 7.17. The molecule has 3 heteroatoms. The molecule has 96 valence electrons. The van der Waals surface area contributed by atoms with Crippen LogP contribution in [0.15, 0.2) is 29.6 Å². The van der Waals surface area contributed by atoms with Crippen LogP contribution in [0.3, 0.4) is 0 Å². The van der Waals surface area contributed by atoms with E-state index in [0.29, 0.717) is 12.5 Å². The monoisotopic (exact) mass is 262 g/mol. The Labute approximate surface area is 111 Å². The molecule has 1 aromatic heterocycles. The number of rotatable bonds is 5. The van der Waals surface area contributed by atoms with Crippen molar-refractivity contribution >= 4 is 21.4 Å². The van der Waals surface area contributed by atoms with Crippen molar-refractivity contribution in [1.82, 2.24) is 0 Å².